The van der Waals surface area contributed by atoms with E-state index in [4.69, 9.17) is 29.0 Å². The molecule has 0 aromatic heterocycles. The first-order valence-electron chi connectivity index (χ1n) is 26.0. The molecule has 19 nitrogen and oxygen atoms in total. The van der Waals surface area contributed by atoms with Gasteiger partial charge in [-0.3, -0.25) is 19.2 Å². The van der Waals surface area contributed by atoms with Crippen molar-refractivity contribution in [2.45, 2.75) is 149 Å². The van der Waals surface area contributed by atoms with E-state index in [2.05, 4.69) is 20.6 Å². The molecule has 0 fully saturated rings. The topological polar surface area (TPSA) is 269 Å². The number of benzene rings is 3. The van der Waals surface area contributed by atoms with Crippen molar-refractivity contribution in [1.29, 1.82) is 5.31 Å². The smallest absolute Gasteiger partial charge is 0.489 e. The second kappa shape index (κ2) is 34.7. The van der Waals surface area contributed by atoms with Crippen LogP contribution in [0.25, 0.3) is 0 Å². The number of esters is 2. The third-order valence-electron chi connectivity index (χ3n) is 11.9. The minimum absolute atomic E-state index is 0.0412. The summed E-state index contributed by atoms with van der Waals surface area (Å²) in [5, 5.41) is 15.3. The Balaban J connectivity index is 1.91. The van der Waals surface area contributed by atoms with Crippen molar-refractivity contribution < 1.29 is 71.5 Å². The zero-order valence-corrected chi connectivity index (χ0v) is 45.6. The van der Waals surface area contributed by atoms with Crippen LogP contribution in [0.4, 0.5) is 0 Å². The number of amides is 3. The summed E-state index contributed by atoms with van der Waals surface area (Å²) in [5.41, 5.74) is 1.41. The van der Waals surface area contributed by atoms with E-state index in [0.29, 0.717) is 38.4 Å². The van der Waals surface area contributed by atoms with E-state index in [1.54, 1.807) is 69.3 Å². The Bertz CT molecular complexity index is 2380. The van der Waals surface area contributed by atoms with Gasteiger partial charge in [0, 0.05) is 20.5 Å². The Labute approximate surface area is 452 Å². The molecule has 77 heavy (non-hydrogen) atoms. The van der Waals surface area contributed by atoms with Crippen LogP contribution >= 0.6 is 0 Å². The predicted octanol–water partition coefficient (Wildman–Crippen LogP) is 6.45. The fraction of sp³-hybridized carbons (Fsp3) is 0.526. The first kappa shape index (κ1) is 64.4. The molecule has 4 N–H and O–H groups in total. The number of ether oxygens (including phenoxy) is 5. The van der Waals surface area contributed by atoms with Crippen LogP contribution in [0.15, 0.2) is 84.9 Å². The summed E-state index contributed by atoms with van der Waals surface area (Å²) in [6, 6.07) is 21.9. The van der Waals surface area contributed by atoms with Gasteiger partial charge in [-0.05, 0) is 61.9 Å². The van der Waals surface area contributed by atoms with Gasteiger partial charge in [-0.1, -0.05) is 86.6 Å². The van der Waals surface area contributed by atoms with Crippen LogP contribution in [-0.4, -0.2) is 111 Å². The summed E-state index contributed by atoms with van der Waals surface area (Å²) < 4.78 is 32.0. The standard InChI is InChI=1S/C57H77BN4O15/c1-38(2)31-47(62-56(71)44(35-54(69)76-57(4,5)6)34-51(66)48(60-39(3)63)32-40-20-23-45(24-21-40)74-36-41-15-10-8-11-16-41)50(65)33-43(22-26-52(67)75-37-42-17-12-9-13-18-42)55(70)61-46(25-27-53(68)77-58-59)49(64)19-14-28-73-30-29-72-7/h8-13,15-18,20-21,23-24,38,43-44,46-48,59H,14,19,22,25-37H2,1-7H3,(H,60,63)(H,61,70)(H,62,71)/t43-,44+,46-,47-,48+/m1/s1. The van der Waals surface area contributed by atoms with E-state index in [9.17, 15) is 43.2 Å². The second-order valence-electron chi connectivity index (χ2n) is 20.2. The molecule has 0 unspecified atom stereocenters. The van der Waals surface area contributed by atoms with Gasteiger partial charge in [-0.2, -0.15) is 0 Å². The fourth-order valence-corrected chi connectivity index (χ4v) is 8.02. The van der Waals surface area contributed by atoms with Crippen molar-refractivity contribution >= 4 is 60.3 Å². The molecule has 0 radical (unpaired) electrons. The Morgan fingerprint density at radius 2 is 1.18 bits per heavy atom. The van der Waals surface area contributed by atoms with Crippen molar-refractivity contribution in [3.8, 4) is 5.75 Å². The normalized spacial score (nSPS) is 13.1. The van der Waals surface area contributed by atoms with Gasteiger partial charge in [0.2, 0.25) is 11.8 Å². The van der Waals surface area contributed by atoms with E-state index in [1.165, 1.54) is 14.0 Å². The number of methoxy groups -OCH3 is 1. The van der Waals surface area contributed by atoms with Crippen LogP contribution < -0.4 is 20.7 Å². The number of carbonyl (C=O) groups excluding carboxylic acids is 9. The molecule has 0 heterocycles. The monoisotopic (exact) mass is 1070 g/mol. The Morgan fingerprint density at radius 1 is 0.597 bits per heavy atom. The first-order chi connectivity index (χ1) is 36.7. The SMILES string of the molecule is COCCOCCCC(=O)[C@@H](CCC(=O)OB=N)NC(=O)[C@H](CCC(=O)OCc1ccccc1)CC(=O)[C@@H](CC(C)C)NC(=O)[C@H](CC(=O)OC(C)(C)C)CC(=O)[C@H](Cc1ccc(OCc2ccccc2)cc1)NC(C)=O. The van der Waals surface area contributed by atoms with E-state index in [0.717, 1.165) is 11.1 Å². The maximum atomic E-state index is 14.6. The number of rotatable bonds is 37. The zero-order chi connectivity index (χ0) is 56.8. The van der Waals surface area contributed by atoms with E-state index < -0.39 is 108 Å². The number of carbonyl (C=O) groups is 9. The zero-order valence-electron chi connectivity index (χ0n) is 45.6. The molecule has 0 bridgehead atoms. The molecule has 0 spiro atoms. The summed E-state index contributed by atoms with van der Waals surface area (Å²) >= 11 is 0. The second-order valence-corrected chi connectivity index (χ2v) is 20.2. The Hall–Kier alpha value is -6.93. The van der Waals surface area contributed by atoms with Crippen molar-refractivity contribution in [1.82, 2.24) is 16.0 Å². The molecule has 418 valence electrons. The average Bonchev–Trinajstić information content (AvgIpc) is 3.37. The van der Waals surface area contributed by atoms with Crippen LogP contribution in [0.1, 0.15) is 122 Å². The van der Waals surface area contributed by atoms with Crippen molar-refractivity contribution in [2.75, 3.05) is 26.9 Å². The number of Topliss-reactive ketones (excluding diaryl/α,β-unsaturated/α-hetero) is 3. The van der Waals surface area contributed by atoms with E-state index in [-0.39, 0.29) is 70.5 Å². The van der Waals surface area contributed by atoms with Gasteiger partial charge in [-0.15, -0.1) is 0 Å². The molecular weight excluding hydrogens is 991 g/mol. The van der Waals surface area contributed by atoms with E-state index >= 15 is 0 Å². The molecule has 5 atom stereocenters. The number of hydrogen-bond acceptors (Lipinski definition) is 16. The first-order valence-corrected chi connectivity index (χ1v) is 26.0. The van der Waals surface area contributed by atoms with Crippen LogP contribution in [0, 0.1) is 23.1 Å². The number of hydrogen-bond donors (Lipinski definition) is 4. The van der Waals surface area contributed by atoms with Gasteiger partial charge >= 0.3 is 186 Å². The third-order valence-corrected chi connectivity index (χ3v) is 11.9. The van der Waals surface area contributed by atoms with Crippen LogP contribution in [-0.2, 0) is 86.4 Å². The number of ketones is 3. The van der Waals surface area contributed by atoms with Gasteiger partial charge in [0.05, 0.1) is 18.4 Å². The molecular formula is C57H77BN4O15. The van der Waals surface area contributed by atoms with Crippen LogP contribution in [0.5, 0.6) is 5.75 Å². The van der Waals surface area contributed by atoms with Gasteiger partial charge in [0.25, 0.3) is 0 Å². The summed E-state index contributed by atoms with van der Waals surface area (Å²) in [5.74, 6) is -8.29. The summed E-state index contributed by atoms with van der Waals surface area (Å²) in [7, 11) is 1.97. The fourth-order valence-electron chi connectivity index (χ4n) is 8.02. The van der Waals surface area contributed by atoms with E-state index in [1.807, 2.05) is 50.2 Å². The van der Waals surface area contributed by atoms with Crippen molar-refractivity contribution in [2.24, 2.45) is 17.8 Å². The minimum Gasteiger partial charge on any atom is -0.489 e. The van der Waals surface area contributed by atoms with Gasteiger partial charge in [0.15, 0.2) is 5.78 Å². The predicted molar refractivity (Wildman–Crippen MR) is 285 cm³/mol. The molecule has 3 aromatic carbocycles. The van der Waals surface area contributed by atoms with Crippen LogP contribution in [0.3, 0.4) is 0 Å². The van der Waals surface area contributed by atoms with Crippen molar-refractivity contribution in [3.63, 3.8) is 0 Å². The maximum absolute atomic E-state index is 14.6. The van der Waals surface area contributed by atoms with Gasteiger partial charge in [0.1, 0.15) is 24.6 Å². The van der Waals surface area contributed by atoms with Crippen LogP contribution in [0.2, 0.25) is 0 Å². The Morgan fingerprint density at radius 3 is 1.78 bits per heavy atom. The molecule has 0 aliphatic carbocycles. The third kappa shape index (κ3) is 27.1. The molecule has 0 saturated heterocycles. The average molecular weight is 1070 g/mol. The van der Waals surface area contributed by atoms with Gasteiger partial charge in [-0.25, -0.2) is 0 Å². The summed E-state index contributed by atoms with van der Waals surface area (Å²) in [4.78, 5) is 123. The molecule has 0 saturated carbocycles. The molecule has 0 aliphatic rings. The molecule has 3 amide bonds. The Kier molecular flexibility index (Phi) is 29.0. The van der Waals surface area contributed by atoms with Crippen molar-refractivity contribution in [3.05, 3.63) is 102 Å². The minimum atomic E-state index is -1.38. The molecule has 20 heteroatoms. The quantitative estimate of drug-likeness (QED) is 0.0274. The summed E-state index contributed by atoms with van der Waals surface area (Å²) in [6.07, 6.45) is -2.37. The molecule has 0 aliphatic heterocycles. The molecule has 3 rings (SSSR count). The number of nitrogens with one attached hydrogen (secondary N) is 4. The molecule has 3 aromatic rings. The van der Waals surface area contributed by atoms with Gasteiger partial charge < -0.3 is 19.5 Å². The summed E-state index contributed by atoms with van der Waals surface area (Å²) in [6.45, 7) is 11.0.